The average Bonchev–Trinajstić information content (AvgIpc) is 2.30. The summed E-state index contributed by atoms with van der Waals surface area (Å²) in [6.07, 6.45) is 0.684. The van der Waals surface area contributed by atoms with Gasteiger partial charge >= 0.3 is 0 Å². The molecular formula is C9H18N2O. The van der Waals surface area contributed by atoms with Crippen LogP contribution in [0.5, 0.6) is 0 Å². The molecule has 1 rings (SSSR count). The van der Waals surface area contributed by atoms with Crippen LogP contribution < -0.4 is 10.6 Å². The van der Waals surface area contributed by atoms with Crippen LogP contribution in [-0.4, -0.2) is 30.5 Å². The van der Waals surface area contributed by atoms with Gasteiger partial charge in [0.05, 0.1) is 6.54 Å². The maximum atomic E-state index is 10.9. The summed E-state index contributed by atoms with van der Waals surface area (Å²) in [4.78, 5) is 10.9. The molecule has 2 N–H and O–H groups in total. The summed E-state index contributed by atoms with van der Waals surface area (Å²) in [6, 6.07) is 0.344. The standard InChI is InChI=1S/C9H18N2O/c1-9(2,3)11-5-7-4-8(12)6-10-7/h7,10-11H,4-6H2,1-3H3. The Morgan fingerprint density at radius 1 is 1.58 bits per heavy atom. The number of Topliss-reactive ketones (excluding diaryl/α,β-unsaturated/α-hetero) is 1. The molecule has 70 valence electrons. The van der Waals surface area contributed by atoms with Crippen molar-refractivity contribution in [3.8, 4) is 0 Å². The molecule has 12 heavy (non-hydrogen) atoms. The second-order valence-electron chi connectivity index (χ2n) is 4.45. The molecule has 0 aliphatic carbocycles. The van der Waals surface area contributed by atoms with E-state index in [-0.39, 0.29) is 5.54 Å². The zero-order valence-electron chi connectivity index (χ0n) is 8.11. The third-order valence-electron chi connectivity index (χ3n) is 1.94. The van der Waals surface area contributed by atoms with Crippen LogP contribution in [0.1, 0.15) is 27.2 Å². The van der Waals surface area contributed by atoms with Crippen molar-refractivity contribution in [1.29, 1.82) is 0 Å². The molecule has 0 bridgehead atoms. The van der Waals surface area contributed by atoms with Gasteiger partial charge in [0.1, 0.15) is 5.78 Å². The largest absolute Gasteiger partial charge is 0.311 e. The Balaban J connectivity index is 2.20. The zero-order chi connectivity index (χ0) is 9.19. The molecule has 0 aromatic heterocycles. The molecule has 1 fully saturated rings. The summed E-state index contributed by atoms with van der Waals surface area (Å²) in [5, 5.41) is 6.54. The molecule has 1 saturated heterocycles. The fraction of sp³-hybridized carbons (Fsp3) is 0.889. The van der Waals surface area contributed by atoms with Crippen molar-refractivity contribution in [2.75, 3.05) is 13.1 Å². The molecule has 3 nitrogen and oxygen atoms in total. The van der Waals surface area contributed by atoms with Gasteiger partial charge in [0, 0.05) is 24.5 Å². The fourth-order valence-electron chi connectivity index (χ4n) is 1.25. The van der Waals surface area contributed by atoms with Crippen LogP contribution in [-0.2, 0) is 4.79 Å². The highest BCUT2D eigenvalue weighted by atomic mass is 16.1. The van der Waals surface area contributed by atoms with Gasteiger partial charge in [0.25, 0.3) is 0 Å². The normalized spacial score (nSPS) is 24.9. The second-order valence-corrected chi connectivity index (χ2v) is 4.45. The van der Waals surface area contributed by atoms with Gasteiger partial charge in [-0.1, -0.05) is 0 Å². The van der Waals surface area contributed by atoms with Gasteiger partial charge in [-0.15, -0.1) is 0 Å². The van der Waals surface area contributed by atoms with E-state index in [0.717, 1.165) is 6.54 Å². The monoisotopic (exact) mass is 170 g/mol. The van der Waals surface area contributed by atoms with Crippen molar-refractivity contribution < 1.29 is 4.79 Å². The highest BCUT2D eigenvalue weighted by Crippen LogP contribution is 2.03. The second kappa shape index (κ2) is 3.54. The third kappa shape index (κ3) is 3.32. The van der Waals surface area contributed by atoms with Crippen LogP contribution in [0.15, 0.2) is 0 Å². The Kier molecular flexibility index (Phi) is 2.85. The number of carbonyl (C=O) groups is 1. The molecule has 1 unspecified atom stereocenters. The minimum Gasteiger partial charge on any atom is -0.311 e. The number of nitrogens with one attached hydrogen (secondary N) is 2. The van der Waals surface area contributed by atoms with Crippen LogP contribution >= 0.6 is 0 Å². The summed E-state index contributed by atoms with van der Waals surface area (Å²) in [7, 11) is 0. The van der Waals surface area contributed by atoms with Crippen molar-refractivity contribution in [1.82, 2.24) is 10.6 Å². The quantitative estimate of drug-likeness (QED) is 0.626. The Morgan fingerprint density at radius 3 is 2.67 bits per heavy atom. The molecule has 0 radical (unpaired) electrons. The van der Waals surface area contributed by atoms with Crippen LogP contribution in [0.3, 0.4) is 0 Å². The summed E-state index contributed by atoms with van der Waals surface area (Å²) in [6.45, 7) is 7.82. The topological polar surface area (TPSA) is 41.1 Å². The first-order valence-corrected chi connectivity index (χ1v) is 4.47. The van der Waals surface area contributed by atoms with E-state index in [2.05, 4.69) is 31.4 Å². The van der Waals surface area contributed by atoms with E-state index in [1.807, 2.05) is 0 Å². The van der Waals surface area contributed by atoms with Crippen LogP contribution in [0.4, 0.5) is 0 Å². The molecule has 0 spiro atoms. The van der Waals surface area contributed by atoms with E-state index >= 15 is 0 Å². The lowest BCUT2D eigenvalue weighted by atomic mass is 10.1. The van der Waals surface area contributed by atoms with Gasteiger partial charge in [0.2, 0.25) is 0 Å². The lowest BCUT2D eigenvalue weighted by Gasteiger charge is -2.22. The summed E-state index contributed by atoms with van der Waals surface area (Å²) < 4.78 is 0. The number of rotatable bonds is 2. The molecule has 3 heteroatoms. The molecular weight excluding hydrogens is 152 g/mol. The summed E-state index contributed by atoms with van der Waals surface area (Å²) >= 11 is 0. The minimum atomic E-state index is 0.146. The van der Waals surface area contributed by atoms with Crippen LogP contribution in [0.2, 0.25) is 0 Å². The molecule has 0 aromatic rings. The van der Waals surface area contributed by atoms with Crippen molar-refractivity contribution in [2.45, 2.75) is 38.8 Å². The van der Waals surface area contributed by atoms with Gasteiger partial charge in [-0.05, 0) is 20.8 Å². The highest BCUT2D eigenvalue weighted by molar-refractivity contribution is 5.83. The first kappa shape index (κ1) is 9.68. The van der Waals surface area contributed by atoms with E-state index in [1.54, 1.807) is 0 Å². The predicted octanol–water partition coefficient (Wildman–Crippen LogP) is 0.305. The van der Waals surface area contributed by atoms with Crippen LogP contribution in [0, 0.1) is 0 Å². The molecule has 0 saturated carbocycles. The van der Waals surface area contributed by atoms with Gasteiger partial charge in [0.15, 0.2) is 0 Å². The van der Waals surface area contributed by atoms with Crippen LogP contribution in [0.25, 0.3) is 0 Å². The number of ketones is 1. The van der Waals surface area contributed by atoms with Gasteiger partial charge in [-0.2, -0.15) is 0 Å². The number of carbonyl (C=O) groups excluding carboxylic acids is 1. The minimum absolute atomic E-state index is 0.146. The van der Waals surface area contributed by atoms with E-state index < -0.39 is 0 Å². The fourth-order valence-corrected chi connectivity index (χ4v) is 1.25. The lowest BCUT2D eigenvalue weighted by Crippen LogP contribution is -2.43. The van der Waals surface area contributed by atoms with E-state index in [4.69, 9.17) is 0 Å². The molecule has 0 aromatic carbocycles. The van der Waals surface area contributed by atoms with E-state index in [9.17, 15) is 4.79 Å². The average molecular weight is 170 g/mol. The predicted molar refractivity (Wildman–Crippen MR) is 49.2 cm³/mol. The first-order chi connectivity index (χ1) is 5.47. The van der Waals surface area contributed by atoms with Gasteiger partial charge in [-0.25, -0.2) is 0 Å². The Hall–Kier alpha value is -0.410. The molecule has 0 amide bonds. The van der Waals surface area contributed by atoms with Crippen molar-refractivity contribution in [3.63, 3.8) is 0 Å². The van der Waals surface area contributed by atoms with E-state index in [0.29, 0.717) is 24.8 Å². The first-order valence-electron chi connectivity index (χ1n) is 4.47. The van der Waals surface area contributed by atoms with Crippen molar-refractivity contribution in [3.05, 3.63) is 0 Å². The summed E-state index contributed by atoms with van der Waals surface area (Å²) in [5.41, 5.74) is 0.146. The lowest BCUT2D eigenvalue weighted by molar-refractivity contribution is -0.116. The number of hydrogen-bond acceptors (Lipinski definition) is 3. The Morgan fingerprint density at radius 2 is 2.25 bits per heavy atom. The number of hydrogen-bond donors (Lipinski definition) is 2. The van der Waals surface area contributed by atoms with E-state index in [1.165, 1.54) is 0 Å². The molecule has 1 aliphatic rings. The maximum Gasteiger partial charge on any atom is 0.148 e. The smallest absolute Gasteiger partial charge is 0.148 e. The molecule has 1 aliphatic heterocycles. The van der Waals surface area contributed by atoms with Gasteiger partial charge < -0.3 is 10.6 Å². The van der Waals surface area contributed by atoms with Gasteiger partial charge in [-0.3, -0.25) is 4.79 Å². The van der Waals surface area contributed by atoms with Crippen molar-refractivity contribution >= 4 is 5.78 Å². The Labute approximate surface area is 73.9 Å². The third-order valence-corrected chi connectivity index (χ3v) is 1.94. The zero-order valence-corrected chi connectivity index (χ0v) is 8.11. The highest BCUT2D eigenvalue weighted by Gasteiger charge is 2.22. The Bertz CT molecular complexity index is 172. The summed E-state index contributed by atoms with van der Waals surface area (Å²) in [5.74, 6) is 0.329. The molecule has 1 heterocycles. The van der Waals surface area contributed by atoms with Crippen molar-refractivity contribution in [2.24, 2.45) is 0 Å². The maximum absolute atomic E-state index is 10.9. The SMILES string of the molecule is CC(C)(C)NCC1CC(=O)CN1. The molecule has 1 atom stereocenters.